The van der Waals surface area contributed by atoms with Crippen LogP contribution < -0.4 is 0 Å². The molecule has 0 saturated carbocycles. The predicted molar refractivity (Wildman–Crippen MR) is 153 cm³/mol. The van der Waals surface area contributed by atoms with Crippen molar-refractivity contribution in [1.29, 1.82) is 0 Å². The molecule has 0 radical (unpaired) electrons. The molecule has 0 spiro atoms. The van der Waals surface area contributed by atoms with Crippen molar-refractivity contribution >= 4 is 11.9 Å². The molecule has 0 aromatic rings. The Balaban J connectivity index is 4.11. The van der Waals surface area contributed by atoms with Crippen molar-refractivity contribution < 1.29 is 19.1 Å². The molecule has 0 heterocycles. The van der Waals surface area contributed by atoms with Gasteiger partial charge in [0.15, 0.2) is 0 Å². The largest absolute Gasteiger partial charge is 0.466 e. The lowest BCUT2D eigenvalue weighted by atomic mass is 9.74. The van der Waals surface area contributed by atoms with Gasteiger partial charge in [0.1, 0.15) is 0 Å². The van der Waals surface area contributed by atoms with Gasteiger partial charge in [0.2, 0.25) is 0 Å². The van der Waals surface area contributed by atoms with Crippen LogP contribution in [-0.2, 0) is 19.1 Å². The van der Waals surface area contributed by atoms with E-state index >= 15 is 0 Å². The average molecular weight is 511 g/mol. The van der Waals surface area contributed by atoms with E-state index in [9.17, 15) is 9.59 Å². The number of hydrogen-bond acceptors (Lipinski definition) is 4. The monoisotopic (exact) mass is 510 g/mol. The zero-order chi connectivity index (χ0) is 27.3. The molecule has 2 unspecified atom stereocenters. The van der Waals surface area contributed by atoms with E-state index in [-0.39, 0.29) is 17.9 Å². The highest BCUT2D eigenvalue weighted by atomic mass is 16.5. The van der Waals surface area contributed by atoms with Crippen LogP contribution in [0.1, 0.15) is 145 Å². The van der Waals surface area contributed by atoms with Crippen LogP contribution in [0.4, 0.5) is 0 Å². The van der Waals surface area contributed by atoms with Gasteiger partial charge >= 0.3 is 11.9 Å². The van der Waals surface area contributed by atoms with Crippen molar-refractivity contribution in [3.8, 4) is 0 Å². The molecule has 214 valence electrons. The van der Waals surface area contributed by atoms with E-state index in [1.165, 1.54) is 32.1 Å². The first kappa shape index (κ1) is 34.9. The van der Waals surface area contributed by atoms with E-state index in [0.29, 0.717) is 43.3 Å². The second-order valence-electron chi connectivity index (χ2n) is 12.5. The average Bonchev–Trinajstić information content (AvgIpc) is 2.78. The van der Waals surface area contributed by atoms with Crippen LogP contribution in [0, 0.1) is 35.5 Å². The third kappa shape index (κ3) is 19.1. The predicted octanol–water partition coefficient (Wildman–Crippen LogP) is 9.39. The van der Waals surface area contributed by atoms with Gasteiger partial charge in [-0.1, -0.05) is 100 Å². The molecule has 0 bridgehead atoms. The quantitative estimate of drug-likeness (QED) is 0.101. The number of unbranched alkanes of at least 4 members (excludes halogenated alkanes) is 7. The summed E-state index contributed by atoms with van der Waals surface area (Å²) in [7, 11) is 0. The second kappa shape index (κ2) is 22.0. The van der Waals surface area contributed by atoms with Crippen molar-refractivity contribution in [2.75, 3.05) is 13.2 Å². The van der Waals surface area contributed by atoms with Gasteiger partial charge in [0, 0.05) is 6.42 Å². The Kier molecular flexibility index (Phi) is 21.3. The second-order valence-corrected chi connectivity index (χ2v) is 12.5. The van der Waals surface area contributed by atoms with E-state index in [1.54, 1.807) is 0 Å². The SMILES string of the molecule is CC(C)CCCCOC(=O)CCCCCCCCC(C(C)C)C(C(=O)OCCCCC(C)C)C(C)C. The molecular formula is C32H62O4. The van der Waals surface area contributed by atoms with Crippen molar-refractivity contribution in [2.45, 2.75) is 145 Å². The summed E-state index contributed by atoms with van der Waals surface area (Å²) in [5.41, 5.74) is 0. The maximum absolute atomic E-state index is 13.0. The summed E-state index contributed by atoms with van der Waals surface area (Å²) in [6, 6.07) is 0. The first-order chi connectivity index (χ1) is 17.1. The van der Waals surface area contributed by atoms with Crippen LogP contribution in [0.15, 0.2) is 0 Å². The van der Waals surface area contributed by atoms with Crippen LogP contribution in [0.3, 0.4) is 0 Å². The van der Waals surface area contributed by atoms with Gasteiger partial charge in [0.05, 0.1) is 19.1 Å². The summed E-state index contributed by atoms with van der Waals surface area (Å²) in [6.45, 7) is 18.9. The molecule has 4 nitrogen and oxygen atoms in total. The maximum atomic E-state index is 13.0. The van der Waals surface area contributed by atoms with Crippen LogP contribution >= 0.6 is 0 Å². The Morgan fingerprint density at radius 3 is 1.50 bits per heavy atom. The van der Waals surface area contributed by atoms with Crippen molar-refractivity contribution in [3.05, 3.63) is 0 Å². The molecule has 0 aromatic carbocycles. The Hall–Kier alpha value is -1.06. The maximum Gasteiger partial charge on any atom is 0.309 e. The van der Waals surface area contributed by atoms with Crippen molar-refractivity contribution in [3.63, 3.8) is 0 Å². The van der Waals surface area contributed by atoms with Crippen LogP contribution in [0.2, 0.25) is 0 Å². The normalized spacial score (nSPS) is 13.6. The lowest BCUT2D eigenvalue weighted by Gasteiger charge is -2.31. The van der Waals surface area contributed by atoms with Gasteiger partial charge in [-0.25, -0.2) is 0 Å². The molecule has 0 aliphatic rings. The minimum Gasteiger partial charge on any atom is -0.466 e. The molecule has 2 atom stereocenters. The fraction of sp³-hybridized carbons (Fsp3) is 0.938. The fourth-order valence-electron chi connectivity index (χ4n) is 5.06. The fourth-order valence-corrected chi connectivity index (χ4v) is 5.06. The van der Waals surface area contributed by atoms with E-state index < -0.39 is 0 Å². The van der Waals surface area contributed by atoms with Gasteiger partial charge in [-0.15, -0.1) is 0 Å². The Bertz CT molecular complexity index is 538. The minimum atomic E-state index is -0.0362. The number of hydrogen-bond donors (Lipinski definition) is 0. The number of carbonyl (C=O) groups excluding carboxylic acids is 2. The number of rotatable bonds is 23. The first-order valence-corrected chi connectivity index (χ1v) is 15.4. The smallest absolute Gasteiger partial charge is 0.309 e. The summed E-state index contributed by atoms with van der Waals surface area (Å²) in [5, 5.41) is 0. The highest BCUT2D eigenvalue weighted by Gasteiger charge is 2.33. The third-order valence-corrected chi connectivity index (χ3v) is 7.34. The van der Waals surface area contributed by atoms with Crippen molar-refractivity contribution in [2.24, 2.45) is 35.5 Å². The molecule has 0 aliphatic carbocycles. The third-order valence-electron chi connectivity index (χ3n) is 7.34. The molecule has 4 heteroatoms. The van der Waals surface area contributed by atoms with Crippen LogP contribution in [0.5, 0.6) is 0 Å². The van der Waals surface area contributed by atoms with E-state index in [4.69, 9.17) is 9.47 Å². The minimum absolute atomic E-state index is 0.00788. The summed E-state index contributed by atoms with van der Waals surface area (Å²) >= 11 is 0. The Morgan fingerprint density at radius 1 is 0.528 bits per heavy atom. The highest BCUT2D eigenvalue weighted by molar-refractivity contribution is 5.73. The zero-order valence-corrected chi connectivity index (χ0v) is 25.4. The number of ether oxygens (including phenoxy) is 2. The van der Waals surface area contributed by atoms with Crippen LogP contribution in [0.25, 0.3) is 0 Å². The van der Waals surface area contributed by atoms with Gasteiger partial charge in [0.25, 0.3) is 0 Å². The molecule has 0 saturated heterocycles. The van der Waals surface area contributed by atoms with Crippen molar-refractivity contribution in [1.82, 2.24) is 0 Å². The standard InChI is InChI=1S/C32H62O4/c1-25(2)19-15-17-23-35-30(33)22-14-12-10-9-11-13-21-29(27(5)6)31(28(7)8)32(34)36-24-18-16-20-26(3)4/h25-29,31H,9-24H2,1-8H3. The van der Waals surface area contributed by atoms with Gasteiger partial charge in [-0.2, -0.15) is 0 Å². The lowest BCUT2D eigenvalue weighted by Crippen LogP contribution is -2.33. The molecule has 0 rings (SSSR count). The van der Waals surface area contributed by atoms with Crippen LogP contribution in [-0.4, -0.2) is 25.2 Å². The number of esters is 2. The van der Waals surface area contributed by atoms with Gasteiger partial charge < -0.3 is 9.47 Å². The Labute approximate surface area is 225 Å². The summed E-state index contributed by atoms with van der Waals surface area (Å²) in [4.78, 5) is 24.8. The molecule has 0 N–H and O–H groups in total. The molecule has 0 amide bonds. The molecule has 36 heavy (non-hydrogen) atoms. The van der Waals surface area contributed by atoms with E-state index in [1.807, 2.05) is 0 Å². The molecule has 0 aromatic heterocycles. The Morgan fingerprint density at radius 2 is 1.00 bits per heavy atom. The lowest BCUT2D eigenvalue weighted by molar-refractivity contribution is -0.153. The zero-order valence-electron chi connectivity index (χ0n) is 25.4. The summed E-state index contributed by atoms with van der Waals surface area (Å²) in [5.74, 6) is 2.55. The summed E-state index contributed by atoms with van der Waals surface area (Å²) < 4.78 is 11.1. The first-order valence-electron chi connectivity index (χ1n) is 15.4. The number of carbonyl (C=O) groups is 2. The highest BCUT2D eigenvalue weighted by Crippen LogP contribution is 2.33. The molecular weight excluding hydrogens is 448 g/mol. The van der Waals surface area contributed by atoms with Gasteiger partial charge in [-0.05, 0) is 68.1 Å². The van der Waals surface area contributed by atoms with E-state index in [2.05, 4.69) is 55.4 Å². The van der Waals surface area contributed by atoms with E-state index in [0.717, 1.165) is 57.3 Å². The molecule has 0 fully saturated rings. The topological polar surface area (TPSA) is 52.6 Å². The van der Waals surface area contributed by atoms with Gasteiger partial charge in [-0.3, -0.25) is 9.59 Å². The summed E-state index contributed by atoms with van der Waals surface area (Å²) in [6.07, 6.45) is 15.0. The molecule has 0 aliphatic heterocycles.